The largest absolute Gasteiger partial charge is 0.484 e. The van der Waals surface area contributed by atoms with Crippen LogP contribution >= 0.6 is 0 Å². The second kappa shape index (κ2) is 8.37. The SMILES string of the molecule is CC(=O)Nc1cccc(OCC(=O)Nc2ccc([N+](=O)[O-])c(C(F)(F)F)c2)c1. The molecule has 2 N–H and O–H groups in total. The van der Waals surface area contributed by atoms with Crippen LogP contribution in [0.15, 0.2) is 42.5 Å². The number of carbonyl (C=O) groups is 2. The molecule has 0 spiro atoms. The monoisotopic (exact) mass is 397 g/mol. The highest BCUT2D eigenvalue weighted by atomic mass is 19.4. The van der Waals surface area contributed by atoms with E-state index in [4.69, 9.17) is 4.74 Å². The van der Waals surface area contributed by atoms with Crippen molar-refractivity contribution in [2.45, 2.75) is 13.1 Å². The topological polar surface area (TPSA) is 111 Å². The van der Waals surface area contributed by atoms with E-state index in [0.717, 1.165) is 6.07 Å². The summed E-state index contributed by atoms with van der Waals surface area (Å²) in [5.74, 6) is -0.818. The number of amides is 2. The number of nitrogens with zero attached hydrogens (tertiary/aromatic N) is 1. The summed E-state index contributed by atoms with van der Waals surface area (Å²) in [7, 11) is 0. The lowest BCUT2D eigenvalue weighted by Gasteiger charge is -2.11. The van der Waals surface area contributed by atoms with Gasteiger partial charge in [-0.3, -0.25) is 19.7 Å². The van der Waals surface area contributed by atoms with Crippen LogP contribution in [0.3, 0.4) is 0 Å². The van der Waals surface area contributed by atoms with Crippen LogP contribution in [0.1, 0.15) is 12.5 Å². The molecular weight excluding hydrogens is 383 g/mol. The maximum Gasteiger partial charge on any atom is 0.423 e. The summed E-state index contributed by atoms with van der Waals surface area (Å²) in [4.78, 5) is 32.5. The minimum absolute atomic E-state index is 0.251. The number of nitro groups is 1. The van der Waals surface area contributed by atoms with Crippen molar-refractivity contribution in [1.82, 2.24) is 0 Å². The molecule has 0 heterocycles. The fraction of sp³-hybridized carbons (Fsp3) is 0.176. The van der Waals surface area contributed by atoms with Crippen LogP contribution < -0.4 is 15.4 Å². The second-order valence-electron chi connectivity index (χ2n) is 5.53. The Hall–Kier alpha value is -3.63. The lowest BCUT2D eigenvalue weighted by Crippen LogP contribution is -2.20. The van der Waals surface area contributed by atoms with Gasteiger partial charge >= 0.3 is 6.18 Å². The van der Waals surface area contributed by atoms with Crippen LogP contribution in [0.2, 0.25) is 0 Å². The van der Waals surface area contributed by atoms with E-state index in [9.17, 15) is 32.9 Å². The predicted octanol–water partition coefficient (Wildman–Crippen LogP) is 3.59. The molecule has 11 heteroatoms. The summed E-state index contributed by atoms with van der Waals surface area (Å²) in [6.07, 6.45) is -4.95. The smallest absolute Gasteiger partial charge is 0.423 e. The summed E-state index contributed by atoms with van der Waals surface area (Å²) in [6, 6.07) is 8.29. The average molecular weight is 397 g/mol. The van der Waals surface area contributed by atoms with E-state index in [1.165, 1.54) is 19.1 Å². The molecular formula is C17H14F3N3O5. The fourth-order valence-corrected chi connectivity index (χ4v) is 2.21. The zero-order valence-corrected chi connectivity index (χ0v) is 14.4. The number of anilines is 2. The molecule has 2 amide bonds. The molecule has 0 radical (unpaired) electrons. The molecule has 0 saturated carbocycles. The van der Waals surface area contributed by atoms with Crippen LogP contribution in [0, 0.1) is 10.1 Å². The van der Waals surface area contributed by atoms with Gasteiger partial charge in [0.15, 0.2) is 6.61 Å². The van der Waals surface area contributed by atoms with Crippen molar-refractivity contribution in [2.75, 3.05) is 17.2 Å². The van der Waals surface area contributed by atoms with Crippen LogP contribution in [0.5, 0.6) is 5.75 Å². The summed E-state index contributed by atoms with van der Waals surface area (Å²) < 4.78 is 44.1. The third kappa shape index (κ3) is 5.69. The van der Waals surface area contributed by atoms with Gasteiger partial charge in [-0.25, -0.2) is 0 Å². The van der Waals surface area contributed by atoms with E-state index in [-0.39, 0.29) is 17.3 Å². The van der Waals surface area contributed by atoms with E-state index in [0.29, 0.717) is 17.8 Å². The maximum atomic E-state index is 13.0. The Bertz CT molecular complexity index is 915. The number of nitro benzene ring substituents is 1. The van der Waals surface area contributed by atoms with Crippen LogP contribution in [0.4, 0.5) is 30.2 Å². The van der Waals surface area contributed by atoms with Gasteiger partial charge in [-0.1, -0.05) is 6.07 Å². The Balaban J connectivity index is 2.05. The van der Waals surface area contributed by atoms with Crippen LogP contribution in [-0.4, -0.2) is 23.3 Å². The van der Waals surface area contributed by atoms with Gasteiger partial charge < -0.3 is 15.4 Å². The molecule has 148 valence electrons. The first-order chi connectivity index (χ1) is 13.1. The Morgan fingerprint density at radius 3 is 2.39 bits per heavy atom. The first-order valence-electron chi connectivity index (χ1n) is 7.72. The van der Waals surface area contributed by atoms with Crippen molar-refractivity contribution >= 4 is 28.9 Å². The molecule has 0 bridgehead atoms. The Morgan fingerprint density at radius 2 is 1.79 bits per heavy atom. The summed E-state index contributed by atoms with van der Waals surface area (Å²) in [5, 5.41) is 15.4. The zero-order chi connectivity index (χ0) is 20.9. The van der Waals surface area contributed by atoms with Gasteiger partial charge in [-0.05, 0) is 24.3 Å². The predicted molar refractivity (Wildman–Crippen MR) is 93.0 cm³/mol. The molecule has 0 fully saturated rings. The minimum Gasteiger partial charge on any atom is -0.484 e. The second-order valence-corrected chi connectivity index (χ2v) is 5.53. The van der Waals surface area contributed by atoms with Crippen molar-refractivity contribution in [1.29, 1.82) is 0 Å². The number of benzene rings is 2. The average Bonchev–Trinajstić information content (AvgIpc) is 2.59. The molecule has 2 aromatic rings. The number of alkyl halides is 3. The van der Waals surface area contributed by atoms with Crippen molar-refractivity contribution < 1.29 is 32.4 Å². The molecule has 2 rings (SSSR count). The molecule has 0 aliphatic rings. The Morgan fingerprint density at radius 1 is 1.11 bits per heavy atom. The zero-order valence-electron chi connectivity index (χ0n) is 14.4. The quantitative estimate of drug-likeness (QED) is 0.572. The van der Waals surface area contributed by atoms with Gasteiger partial charge in [0.2, 0.25) is 5.91 Å². The lowest BCUT2D eigenvalue weighted by atomic mass is 10.1. The maximum absolute atomic E-state index is 13.0. The first-order valence-corrected chi connectivity index (χ1v) is 7.72. The minimum atomic E-state index is -4.95. The van der Waals surface area contributed by atoms with Crippen molar-refractivity contribution in [3.8, 4) is 5.75 Å². The summed E-state index contributed by atoms with van der Waals surface area (Å²) >= 11 is 0. The van der Waals surface area contributed by atoms with Crippen molar-refractivity contribution in [2.24, 2.45) is 0 Å². The van der Waals surface area contributed by atoms with Crippen molar-refractivity contribution in [3.05, 3.63) is 58.1 Å². The number of ether oxygens (including phenoxy) is 1. The molecule has 8 nitrogen and oxygen atoms in total. The number of halogens is 3. The van der Waals surface area contributed by atoms with Gasteiger partial charge in [-0.15, -0.1) is 0 Å². The number of hydrogen-bond donors (Lipinski definition) is 2. The molecule has 0 atom stereocenters. The molecule has 2 aromatic carbocycles. The van der Waals surface area contributed by atoms with Gasteiger partial charge in [0.25, 0.3) is 11.6 Å². The molecule has 0 aliphatic heterocycles. The number of hydrogen-bond acceptors (Lipinski definition) is 5. The van der Waals surface area contributed by atoms with E-state index in [2.05, 4.69) is 10.6 Å². The summed E-state index contributed by atoms with van der Waals surface area (Å²) in [6.45, 7) is 0.794. The van der Waals surface area contributed by atoms with E-state index in [1.807, 2.05) is 0 Å². The van der Waals surface area contributed by atoms with E-state index >= 15 is 0 Å². The lowest BCUT2D eigenvalue weighted by molar-refractivity contribution is -0.388. The van der Waals surface area contributed by atoms with E-state index < -0.39 is 34.9 Å². The van der Waals surface area contributed by atoms with Crippen LogP contribution in [0.25, 0.3) is 0 Å². The highest BCUT2D eigenvalue weighted by Crippen LogP contribution is 2.37. The molecule has 0 aliphatic carbocycles. The highest BCUT2D eigenvalue weighted by molar-refractivity contribution is 5.92. The Labute approximate surface area is 156 Å². The van der Waals surface area contributed by atoms with Gasteiger partial charge in [-0.2, -0.15) is 13.2 Å². The highest BCUT2D eigenvalue weighted by Gasteiger charge is 2.38. The standard InChI is InChI=1S/C17H14F3N3O5/c1-10(24)21-11-3-2-4-13(7-11)28-9-16(25)22-12-5-6-15(23(26)27)14(8-12)17(18,19)20/h2-8H,9H2,1H3,(H,21,24)(H,22,25). The van der Waals surface area contributed by atoms with E-state index in [1.54, 1.807) is 12.1 Å². The number of rotatable bonds is 6. The first kappa shape index (κ1) is 20.7. The van der Waals surface area contributed by atoms with Gasteiger partial charge in [0, 0.05) is 30.4 Å². The third-order valence-electron chi connectivity index (χ3n) is 3.31. The van der Waals surface area contributed by atoms with Crippen molar-refractivity contribution in [3.63, 3.8) is 0 Å². The normalized spacial score (nSPS) is 10.9. The number of carbonyl (C=O) groups excluding carboxylic acids is 2. The summed E-state index contributed by atoms with van der Waals surface area (Å²) in [5.41, 5.74) is -2.41. The molecule has 0 saturated heterocycles. The van der Waals surface area contributed by atoms with Gasteiger partial charge in [0.05, 0.1) is 4.92 Å². The fourth-order valence-electron chi connectivity index (χ4n) is 2.21. The molecule has 28 heavy (non-hydrogen) atoms. The van der Waals surface area contributed by atoms with Crippen LogP contribution in [-0.2, 0) is 15.8 Å². The van der Waals surface area contributed by atoms with Gasteiger partial charge in [0.1, 0.15) is 11.3 Å². The number of nitrogens with one attached hydrogen (secondary N) is 2. The molecule has 0 aromatic heterocycles. The molecule has 0 unspecified atom stereocenters. The third-order valence-corrected chi connectivity index (χ3v) is 3.31. The Kier molecular flexibility index (Phi) is 6.18.